The molecular formula is C19H21FN2O2. The molecule has 4 rings (SSSR count). The van der Waals surface area contributed by atoms with E-state index in [4.69, 9.17) is 4.74 Å². The van der Waals surface area contributed by atoms with E-state index in [1.165, 1.54) is 7.11 Å². The normalized spacial score (nSPS) is 25.2. The van der Waals surface area contributed by atoms with Crippen LogP contribution in [0.15, 0.2) is 30.7 Å². The topological polar surface area (TPSA) is 44.1 Å². The van der Waals surface area contributed by atoms with Crippen LogP contribution in [0.25, 0.3) is 11.3 Å². The number of hydrogen-bond acceptors (Lipinski definition) is 3. The van der Waals surface area contributed by atoms with Crippen molar-refractivity contribution in [2.45, 2.75) is 38.1 Å². The first-order valence-electron chi connectivity index (χ1n) is 8.56. The number of hydrogen-bond donors (Lipinski definition) is 0. The van der Waals surface area contributed by atoms with Gasteiger partial charge in [0.15, 0.2) is 0 Å². The molecule has 24 heavy (non-hydrogen) atoms. The summed E-state index contributed by atoms with van der Waals surface area (Å²) in [7, 11) is 1.44. The number of carbonyl (C=O) groups is 1. The molecule has 0 radical (unpaired) electrons. The van der Waals surface area contributed by atoms with E-state index in [2.05, 4.69) is 9.55 Å². The highest BCUT2D eigenvalue weighted by Crippen LogP contribution is 2.48. The third-order valence-corrected chi connectivity index (χ3v) is 5.61. The second-order valence-electron chi connectivity index (χ2n) is 6.89. The van der Waals surface area contributed by atoms with E-state index in [0.29, 0.717) is 18.3 Å². The highest BCUT2D eigenvalue weighted by Gasteiger charge is 2.38. The largest absolute Gasteiger partial charge is 0.469 e. The minimum Gasteiger partial charge on any atom is -0.469 e. The van der Waals surface area contributed by atoms with Gasteiger partial charge in [0.25, 0.3) is 0 Å². The summed E-state index contributed by atoms with van der Waals surface area (Å²) in [5.74, 6) is 0.507. The van der Waals surface area contributed by atoms with Crippen LogP contribution in [0.4, 0.5) is 4.39 Å². The second-order valence-corrected chi connectivity index (χ2v) is 6.89. The van der Waals surface area contributed by atoms with E-state index in [1.807, 2.05) is 18.6 Å². The Morgan fingerprint density at radius 2 is 2.12 bits per heavy atom. The summed E-state index contributed by atoms with van der Waals surface area (Å²) in [6.45, 7) is 0. The van der Waals surface area contributed by atoms with Crippen molar-refractivity contribution in [2.24, 2.45) is 11.8 Å². The van der Waals surface area contributed by atoms with Crippen LogP contribution in [0.2, 0.25) is 0 Å². The molecule has 1 aromatic heterocycles. The summed E-state index contributed by atoms with van der Waals surface area (Å²) in [5, 5.41) is 0. The number of esters is 1. The van der Waals surface area contributed by atoms with Gasteiger partial charge in [-0.15, -0.1) is 0 Å². The molecule has 0 amide bonds. The molecular weight excluding hydrogens is 307 g/mol. The third kappa shape index (κ3) is 2.43. The average Bonchev–Trinajstić information content (AvgIpc) is 3.17. The highest BCUT2D eigenvalue weighted by atomic mass is 19.1. The Kier molecular flexibility index (Phi) is 3.87. The van der Waals surface area contributed by atoms with Gasteiger partial charge in [0.1, 0.15) is 5.82 Å². The van der Waals surface area contributed by atoms with Crippen molar-refractivity contribution in [1.82, 2.24) is 9.55 Å². The van der Waals surface area contributed by atoms with Gasteiger partial charge >= 0.3 is 5.97 Å². The molecule has 1 fully saturated rings. The van der Waals surface area contributed by atoms with E-state index in [9.17, 15) is 9.18 Å². The van der Waals surface area contributed by atoms with Gasteiger partial charge in [-0.05, 0) is 43.6 Å². The Hall–Kier alpha value is -2.17. The Morgan fingerprint density at radius 1 is 1.33 bits per heavy atom. The molecule has 0 saturated heterocycles. The molecule has 1 aromatic carbocycles. The van der Waals surface area contributed by atoms with Crippen molar-refractivity contribution in [3.8, 4) is 11.3 Å². The molecule has 4 nitrogen and oxygen atoms in total. The van der Waals surface area contributed by atoms with Crippen molar-refractivity contribution in [3.05, 3.63) is 42.1 Å². The summed E-state index contributed by atoms with van der Waals surface area (Å²) in [6, 6.07) is 5.32. The Balaban J connectivity index is 1.57. The Morgan fingerprint density at radius 3 is 2.88 bits per heavy atom. The smallest absolute Gasteiger partial charge is 0.305 e. The van der Waals surface area contributed by atoms with E-state index in [-0.39, 0.29) is 17.8 Å². The molecule has 5 heteroatoms. The molecule has 0 N–H and O–H groups in total. The van der Waals surface area contributed by atoms with E-state index in [1.54, 1.807) is 12.1 Å². The number of halogens is 1. The first-order valence-corrected chi connectivity index (χ1v) is 8.56. The summed E-state index contributed by atoms with van der Waals surface area (Å²) in [4.78, 5) is 15.7. The maximum Gasteiger partial charge on any atom is 0.305 e. The van der Waals surface area contributed by atoms with Gasteiger partial charge in [0.05, 0.1) is 31.4 Å². The molecule has 1 aliphatic heterocycles. The fourth-order valence-corrected chi connectivity index (χ4v) is 4.42. The van der Waals surface area contributed by atoms with Gasteiger partial charge < -0.3 is 9.30 Å². The van der Waals surface area contributed by atoms with E-state index >= 15 is 0 Å². The minimum absolute atomic E-state index is 0.0257. The first-order chi connectivity index (χ1) is 11.7. The fourth-order valence-electron chi connectivity index (χ4n) is 4.42. The maximum absolute atomic E-state index is 14.5. The van der Waals surface area contributed by atoms with Gasteiger partial charge in [-0.25, -0.2) is 9.37 Å². The Labute approximate surface area is 140 Å². The number of rotatable bonds is 3. The van der Waals surface area contributed by atoms with Gasteiger partial charge in [-0.1, -0.05) is 12.1 Å². The molecule has 0 unspecified atom stereocenters. The van der Waals surface area contributed by atoms with Crippen LogP contribution in [-0.4, -0.2) is 22.6 Å². The summed E-state index contributed by atoms with van der Waals surface area (Å²) in [6.07, 6.45) is 8.11. The van der Waals surface area contributed by atoms with Crippen LogP contribution >= 0.6 is 0 Å². The standard InChI is InChI=1S/C19H21FN2O2/c1-24-17(23)9-12-5-7-13(8-6-12)19-18-14(3-2-4-15(18)20)16-10-21-11-22(16)19/h2-4,10-13,19H,5-9H2,1H3/t12?,13?,19-/m1/s1. The number of methoxy groups -OCH3 is 1. The van der Waals surface area contributed by atoms with Crippen LogP contribution < -0.4 is 0 Å². The lowest BCUT2D eigenvalue weighted by atomic mass is 9.76. The number of imidazole rings is 1. The van der Waals surface area contributed by atoms with Crippen LogP contribution in [0.3, 0.4) is 0 Å². The second kappa shape index (κ2) is 6.04. The lowest BCUT2D eigenvalue weighted by molar-refractivity contribution is -0.142. The number of fused-ring (bicyclic) bond motifs is 3. The third-order valence-electron chi connectivity index (χ3n) is 5.61. The lowest BCUT2D eigenvalue weighted by Crippen LogP contribution is -2.25. The average molecular weight is 328 g/mol. The predicted molar refractivity (Wildman–Crippen MR) is 87.8 cm³/mol. The summed E-state index contributed by atoms with van der Waals surface area (Å²) >= 11 is 0. The van der Waals surface area contributed by atoms with E-state index in [0.717, 1.165) is 42.5 Å². The number of nitrogens with zero attached hydrogens (tertiary/aromatic N) is 2. The molecule has 1 aliphatic carbocycles. The predicted octanol–water partition coefficient (Wildman–Crippen LogP) is 3.96. The van der Waals surface area contributed by atoms with Crippen molar-refractivity contribution >= 4 is 5.97 Å². The quantitative estimate of drug-likeness (QED) is 0.801. The van der Waals surface area contributed by atoms with Crippen LogP contribution in [0, 0.1) is 17.7 Å². The van der Waals surface area contributed by atoms with Crippen molar-refractivity contribution < 1.29 is 13.9 Å². The SMILES string of the molecule is COC(=O)CC1CCC([C@@H]2c3c(F)cccc3-c3cncn32)CC1. The molecule has 2 aliphatic rings. The van der Waals surface area contributed by atoms with Crippen LogP contribution in [0.1, 0.15) is 43.7 Å². The van der Waals surface area contributed by atoms with Crippen molar-refractivity contribution in [2.75, 3.05) is 7.11 Å². The summed E-state index contributed by atoms with van der Waals surface area (Å²) < 4.78 is 21.4. The van der Waals surface area contributed by atoms with Crippen LogP contribution in [0.5, 0.6) is 0 Å². The number of benzene rings is 1. The zero-order valence-electron chi connectivity index (χ0n) is 13.7. The maximum atomic E-state index is 14.5. The van der Waals surface area contributed by atoms with Gasteiger partial charge in [-0.3, -0.25) is 4.79 Å². The van der Waals surface area contributed by atoms with Crippen LogP contribution in [-0.2, 0) is 9.53 Å². The van der Waals surface area contributed by atoms with Gasteiger partial charge in [0.2, 0.25) is 0 Å². The summed E-state index contributed by atoms with van der Waals surface area (Å²) in [5.41, 5.74) is 2.78. The number of carbonyl (C=O) groups excluding carboxylic acids is 1. The highest BCUT2D eigenvalue weighted by molar-refractivity contribution is 5.70. The molecule has 0 spiro atoms. The molecule has 2 aromatic rings. The molecule has 1 saturated carbocycles. The number of aromatic nitrogens is 2. The lowest BCUT2D eigenvalue weighted by Gasteiger charge is -2.33. The zero-order valence-corrected chi connectivity index (χ0v) is 13.7. The first kappa shape index (κ1) is 15.4. The van der Waals surface area contributed by atoms with E-state index < -0.39 is 0 Å². The molecule has 0 bridgehead atoms. The number of ether oxygens (including phenoxy) is 1. The zero-order chi connectivity index (χ0) is 16.7. The molecule has 1 atom stereocenters. The Bertz CT molecular complexity index is 762. The van der Waals surface area contributed by atoms with Gasteiger partial charge in [-0.2, -0.15) is 0 Å². The minimum atomic E-state index is -0.132. The fraction of sp³-hybridized carbons (Fsp3) is 0.474. The van der Waals surface area contributed by atoms with Gasteiger partial charge in [0, 0.05) is 17.5 Å². The van der Waals surface area contributed by atoms with Crippen molar-refractivity contribution in [1.29, 1.82) is 0 Å². The molecule has 2 heterocycles. The van der Waals surface area contributed by atoms with Crippen molar-refractivity contribution in [3.63, 3.8) is 0 Å². The molecule has 126 valence electrons. The monoisotopic (exact) mass is 328 g/mol.